The molecule has 0 fully saturated rings. The molecule has 2 N–H and O–H groups in total. The monoisotopic (exact) mass is 249 g/mol. The maximum atomic E-state index is 10.8. The summed E-state index contributed by atoms with van der Waals surface area (Å²) in [5, 5.41) is 2.37. The topological polar surface area (TPSA) is 83.5 Å². The first-order chi connectivity index (χ1) is 7.08. The Balaban J connectivity index is 0. The second-order valence-electron chi connectivity index (χ2n) is 3.71. The van der Waals surface area contributed by atoms with Gasteiger partial charge in [0, 0.05) is 0 Å². The largest absolute Gasteiger partial charge is 0.347 e. The van der Waals surface area contributed by atoms with Gasteiger partial charge in [-0.2, -0.15) is 8.42 Å². The number of allylic oxidation sites excluding steroid dienone is 1. The van der Waals surface area contributed by atoms with Crippen LogP contribution in [0.2, 0.25) is 0 Å². The Morgan fingerprint density at radius 2 is 1.81 bits per heavy atom. The molecule has 1 amide bonds. The normalized spacial score (nSPS) is 10.8. The van der Waals surface area contributed by atoms with Gasteiger partial charge in [-0.3, -0.25) is 9.35 Å². The van der Waals surface area contributed by atoms with Crippen molar-refractivity contribution in [3.05, 3.63) is 25.3 Å². The van der Waals surface area contributed by atoms with Gasteiger partial charge >= 0.3 is 0 Å². The van der Waals surface area contributed by atoms with E-state index in [2.05, 4.69) is 18.5 Å². The number of hydrogen-bond donors (Lipinski definition) is 2. The fourth-order valence-corrected chi connectivity index (χ4v) is 1.86. The zero-order chi connectivity index (χ0) is 13.4. The highest BCUT2D eigenvalue weighted by molar-refractivity contribution is 7.85. The van der Waals surface area contributed by atoms with Gasteiger partial charge in [0.15, 0.2) is 0 Å². The van der Waals surface area contributed by atoms with E-state index in [1.54, 1.807) is 6.08 Å². The van der Waals surface area contributed by atoms with Gasteiger partial charge in [-0.1, -0.05) is 12.7 Å². The van der Waals surface area contributed by atoms with E-state index < -0.39 is 27.3 Å². The lowest BCUT2D eigenvalue weighted by Gasteiger charge is -2.23. The molecule has 16 heavy (non-hydrogen) atoms. The van der Waals surface area contributed by atoms with Crippen LogP contribution in [0.25, 0.3) is 0 Å². The minimum Gasteiger partial charge on any atom is -0.347 e. The molecular formula is C10H19NO4S. The fourth-order valence-electron chi connectivity index (χ4n) is 0.877. The highest BCUT2D eigenvalue weighted by Gasteiger charge is 2.25. The molecule has 0 heterocycles. The molecule has 0 spiro atoms. The summed E-state index contributed by atoms with van der Waals surface area (Å²) in [5.74, 6) is -1.01. The summed E-state index contributed by atoms with van der Waals surface area (Å²) < 4.78 is 29.5. The number of carbonyl (C=O) groups excluding carboxylic acids is 1. The van der Waals surface area contributed by atoms with Crippen LogP contribution in [-0.4, -0.2) is 30.2 Å². The third-order valence-electron chi connectivity index (χ3n) is 1.19. The van der Waals surface area contributed by atoms with Crippen LogP contribution in [-0.2, 0) is 14.9 Å². The molecule has 0 saturated heterocycles. The van der Waals surface area contributed by atoms with Gasteiger partial charge in [0.25, 0.3) is 10.1 Å². The van der Waals surface area contributed by atoms with E-state index in [0.29, 0.717) is 0 Å². The van der Waals surface area contributed by atoms with Gasteiger partial charge in [0.1, 0.15) is 0 Å². The van der Waals surface area contributed by atoms with Crippen LogP contribution in [0.15, 0.2) is 25.3 Å². The van der Waals surface area contributed by atoms with E-state index in [0.717, 1.165) is 6.08 Å². The van der Waals surface area contributed by atoms with Crippen molar-refractivity contribution in [2.75, 3.05) is 5.75 Å². The zero-order valence-corrected chi connectivity index (χ0v) is 10.7. The van der Waals surface area contributed by atoms with Crippen molar-refractivity contribution in [2.45, 2.75) is 26.3 Å². The van der Waals surface area contributed by atoms with Crippen molar-refractivity contribution in [1.82, 2.24) is 5.32 Å². The summed E-state index contributed by atoms with van der Waals surface area (Å²) in [4.78, 5) is 10.8. The summed E-state index contributed by atoms with van der Waals surface area (Å²) in [7, 11) is -4.08. The van der Waals surface area contributed by atoms with Crippen LogP contribution in [0.1, 0.15) is 20.8 Å². The zero-order valence-electron chi connectivity index (χ0n) is 9.86. The minimum atomic E-state index is -4.08. The summed E-state index contributed by atoms with van der Waals surface area (Å²) in [6.07, 6.45) is 2.78. The predicted octanol–water partition coefficient (Wildman–Crippen LogP) is 1.15. The highest BCUT2D eigenvalue weighted by atomic mass is 32.2. The summed E-state index contributed by atoms with van der Waals surface area (Å²) >= 11 is 0. The molecule has 0 aliphatic rings. The number of rotatable bonds is 4. The third kappa shape index (κ3) is 12.9. The fraction of sp³-hybridized carbons (Fsp3) is 0.500. The molecule has 0 aliphatic carbocycles. The first kappa shape index (κ1) is 17.3. The standard InChI is InChI=1S/C7H13NO4S.C3H6/c1-4-6(9)8-7(2,3)5-13(10,11)12;1-3-2/h4H,1,5H2,2-3H3,(H,8,9)(H,10,11,12);3H,1H2,2H3. The third-order valence-corrected chi connectivity index (χ3v) is 2.28. The van der Waals surface area contributed by atoms with Crippen molar-refractivity contribution in [3.8, 4) is 0 Å². The molecule has 0 unspecified atom stereocenters. The molecule has 94 valence electrons. The van der Waals surface area contributed by atoms with Crippen LogP contribution < -0.4 is 5.32 Å². The Morgan fingerprint density at radius 1 is 1.44 bits per heavy atom. The molecule has 5 nitrogen and oxygen atoms in total. The van der Waals surface area contributed by atoms with Gasteiger partial charge in [-0.15, -0.1) is 6.58 Å². The Kier molecular flexibility index (Phi) is 7.75. The van der Waals surface area contributed by atoms with Crippen molar-refractivity contribution >= 4 is 16.0 Å². The maximum Gasteiger partial charge on any atom is 0.267 e. The maximum absolute atomic E-state index is 10.8. The van der Waals surface area contributed by atoms with E-state index in [9.17, 15) is 13.2 Å². The van der Waals surface area contributed by atoms with E-state index in [1.165, 1.54) is 13.8 Å². The Bertz CT molecular complexity index is 344. The van der Waals surface area contributed by atoms with Crippen LogP contribution in [0, 0.1) is 0 Å². The first-order valence-electron chi connectivity index (χ1n) is 4.54. The van der Waals surface area contributed by atoms with Gasteiger partial charge < -0.3 is 5.32 Å². The number of carbonyl (C=O) groups is 1. The molecule has 0 aromatic carbocycles. The Hall–Kier alpha value is -1.14. The Labute approximate surface area is 97.0 Å². The lowest BCUT2D eigenvalue weighted by atomic mass is 10.1. The van der Waals surface area contributed by atoms with Crippen molar-refractivity contribution < 1.29 is 17.8 Å². The SMILES string of the molecule is C=CC.C=CC(=O)NC(C)(C)CS(=O)(=O)O. The van der Waals surface area contributed by atoms with Crippen molar-refractivity contribution in [3.63, 3.8) is 0 Å². The number of nitrogens with one attached hydrogen (secondary N) is 1. The van der Waals surface area contributed by atoms with Crippen molar-refractivity contribution in [1.29, 1.82) is 0 Å². The van der Waals surface area contributed by atoms with E-state index in [1.807, 2.05) is 6.92 Å². The first-order valence-corrected chi connectivity index (χ1v) is 6.15. The quantitative estimate of drug-likeness (QED) is 0.445. The van der Waals surface area contributed by atoms with Crippen molar-refractivity contribution in [2.24, 2.45) is 0 Å². The lowest BCUT2D eigenvalue weighted by Crippen LogP contribution is -2.47. The Morgan fingerprint density at radius 3 is 2.06 bits per heavy atom. The van der Waals surface area contributed by atoms with E-state index in [4.69, 9.17) is 4.55 Å². The van der Waals surface area contributed by atoms with Crippen LogP contribution in [0.4, 0.5) is 0 Å². The second kappa shape index (κ2) is 7.19. The van der Waals surface area contributed by atoms with Crippen LogP contribution in [0.5, 0.6) is 0 Å². The molecule has 0 radical (unpaired) electrons. The van der Waals surface area contributed by atoms with Gasteiger partial charge in [0.05, 0.1) is 11.3 Å². The predicted molar refractivity (Wildman–Crippen MR) is 64.7 cm³/mol. The summed E-state index contributed by atoms with van der Waals surface area (Å²) in [5.41, 5.74) is -1.00. The minimum absolute atomic E-state index is 0.478. The number of hydrogen-bond acceptors (Lipinski definition) is 3. The molecule has 0 aliphatic heterocycles. The molecule has 0 rings (SSSR count). The summed E-state index contributed by atoms with van der Waals surface area (Å²) in [6.45, 7) is 11.4. The van der Waals surface area contributed by atoms with Gasteiger partial charge in [0.2, 0.25) is 5.91 Å². The van der Waals surface area contributed by atoms with E-state index >= 15 is 0 Å². The smallest absolute Gasteiger partial charge is 0.267 e. The second-order valence-corrected chi connectivity index (χ2v) is 5.16. The molecule has 0 saturated carbocycles. The average molecular weight is 249 g/mol. The molecule has 0 atom stereocenters. The molecule has 6 heteroatoms. The highest BCUT2D eigenvalue weighted by Crippen LogP contribution is 2.05. The van der Waals surface area contributed by atoms with Crippen LogP contribution in [0.3, 0.4) is 0 Å². The molecule has 0 bridgehead atoms. The van der Waals surface area contributed by atoms with E-state index in [-0.39, 0.29) is 0 Å². The van der Waals surface area contributed by atoms with Crippen LogP contribution >= 0.6 is 0 Å². The molecule has 0 aromatic heterocycles. The lowest BCUT2D eigenvalue weighted by molar-refractivity contribution is -0.117. The average Bonchev–Trinajstić information content (AvgIpc) is 1.99. The van der Waals surface area contributed by atoms with Gasteiger partial charge in [-0.05, 0) is 26.8 Å². The number of amides is 1. The molecular weight excluding hydrogens is 230 g/mol. The van der Waals surface area contributed by atoms with Gasteiger partial charge in [-0.25, -0.2) is 0 Å². The molecule has 0 aromatic rings. The summed E-state index contributed by atoms with van der Waals surface area (Å²) in [6, 6.07) is 0.